The maximum atomic E-state index is 11.9. The highest BCUT2D eigenvalue weighted by atomic mass is 16.4. The van der Waals surface area contributed by atoms with Gasteiger partial charge in [0.05, 0.1) is 5.92 Å². The number of nitrogens with zero attached hydrogens (tertiary/aromatic N) is 1. The molecule has 1 aromatic rings. The molecular weight excluding hydrogens is 244 g/mol. The number of nitrogens with one attached hydrogen (secondary N) is 1. The van der Waals surface area contributed by atoms with E-state index >= 15 is 0 Å². The molecule has 0 aliphatic heterocycles. The van der Waals surface area contributed by atoms with E-state index < -0.39 is 5.97 Å². The Balaban J connectivity index is 1.83. The number of pyridine rings is 1. The van der Waals surface area contributed by atoms with Crippen molar-refractivity contribution < 1.29 is 19.3 Å². The van der Waals surface area contributed by atoms with E-state index in [0.29, 0.717) is 6.42 Å². The van der Waals surface area contributed by atoms with Gasteiger partial charge < -0.3 is 10.4 Å². The van der Waals surface area contributed by atoms with Gasteiger partial charge in [-0.15, -0.1) is 0 Å². The van der Waals surface area contributed by atoms with E-state index in [1.165, 1.54) is 0 Å². The first kappa shape index (κ1) is 13.5. The Labute approximate surface area is 112 Å². The second-order valence-corrected chi connectivity index (χ2v) is 5.01. The zero-order chi connectivity index (χ0) is 13.7. The Hall–Kier alpha value is -1.91. The van der Waals surface area contributed by atoms with Crippen molar-refractivity contribution in [1.82, 2.24) is 5.32 Å². The molecule has 1 heterocycles. The summed E-state index contributed by atoms with van der Waals surface area (Å²) in [6.07, 6.45) is 6.66. The largest absolute Gasteiger partial charge is 0.481 e. The highest BCUT2D eigenvalue weighted by Crippen LogP contribution is 2.24. The number of carboxylic acid groups (broad SMARTS) is 1. The molecule has 0 aromatic carbocycles. The Bertz CT molecular complexity index is 447. The van der Waals surface area contributed by atoms with Crippen LogP contribution in [-0.2, 0) is 16.1 Å². The van der Waals surface area contributed by atoms with Crippen LogP contribution in [0.2, 0.25) is 0 Å². The standard InChI is InChI=1S/C14H18N2O3/c17-13(10-16-7-2-1-3-8-16)15-12-6-4-5-11(9-12)14(18)19/h1-3,7-8,11-12H,4-6,9-10H2,(H-,15,17,18,19)/p+1. The van der Waals surface area contributed by atoms with Crippen LogP contribution in [0.25, 0.3) is 0 Å². The molecule has 1 aliphatic carbocycles. The van der Waals surface area contributed by atoms with Crippen LogP contribution in [0.4, 0.5) is 0 Å². The van der Waals surface area contributed by atoms with E-state index in [-0.39, 0.29) is 24.4 Å². The van der Waals surface area contributed by atoms with Crippen LogP contribution in [0.1, 0.15) is 25.7 Å². The highest BCUT2D eigenvalue weighted by molar-refractivity contribution is 5.75. The average Bonchev–Trinajstić information content (AvgIpc) is 2.40. The average molecular weight is 263 g/mol. The first-order chi connectivity index (χ1) is 9.15. The van der Waals surface area contributed by atoms with E-state index in [1.807, 2.05) is 30.6 Å². The van der Waals surface area contributed by atoms with Crippen LogP contribution in [0.3, 0.4) is 0 Å². The summed E-state index contributed by atoms with van der Waals surface area (Å²) in [7, 11) is 0. The van der Waals surface area contributed by atoms with E-state index in [4.69, 9.17) is 5.11 Å². The van der Waals surface area contributed by atoms with E-state index in [9.17, 15) is 9.59 Å². The third kappa shape index (κ3) is 4.05. The van der Waals surface area contributed by atoms with Crippen LogP contribution in [0.5, 0.6) is 0 Å². The van der Waals surface area contributed by atoms with Crippen LogP contribution >= 0.6 is 0 Å². The van der Waals surface area contributed by atoms with Gasteiger partial charge in [-0.25, -0.2) is 0 Å². The van der Waals surface area contributed by atoms with Gasteiger partial charge in [-0.05, 0) is 19.3 Å². The van der Waals surface area contributed by atoms with Gasteiger partial charge in [0.2, 0.25) is 6.54 Å². The zero-order valence-corrected chi connectivity index (χ0v) is 10.8. The fraction of sp³-hybridized carbons (Fsp3) is 0.500. The van der Waals surface area contributed by atoms with Crippen LogP contribution in [-0.4, -0.2) is 23.0 Å². The monoisotopic (exact) mass is 263 g/mol. The van der Waals surface area contributed by atoms with Crippen molar-refractivity contribution in [2.24, 2.45) is 5.92 Å². The first-order valence-electron chi connectivity index (χ1n) is 6.61. The number of carboxylic acids is 1. The molecule has 2 unspecified atom stereocenters. The third-order valence-corrected chi connectivity index (χ3v) is 3.49. The van der Waals surface area contributed by atoms with Gasteiger partial charge in [0, 0.05) is 18.2 Å². The lowest BCUT2D eigenvalue weighted by Crippen LogP contribution is -2.47. The molecule has 1 fully saturated rings. The number of hydrogen-bond donors (Lipinski definition) is 2. The molecule has 2 N–H and O–H groups in total. The van der Waals surface area contributed by atoms with Gasteiger partial charge in [0.15, 0.2) is 12.4 Å². The zero-order valence-electron chi connectivity index (χ0n) is 10.8. The lowest BCUT2D eigenvalue weighted by Gasteiger charge is -2.26. The summed E-state index contributed by atoms with van der Waals surface area (Å²) in [4.78, 5) is 22.8. The molecule has 5 nitrogen and oxygen atoms in total. The predicted molar refractivity (Wildman–Crippen MR) is 68.2 cm³/mol. The van der Waals surface area contributed by atoms with Crippen molar-refractivity contribution in [3.8, 4) is 0 Å². The molecule has 2 atom stereocenters. The van der Waals surface area contributed by atoms with Gasteiger partial charge in [-0.3, -0.25) is 9.59 Å². The molecule has 0 spiro atoms. The number of rotatable bonds is 4. The maximum Gasteiger partial charge on any atom is 0.306 e. The Morgan fingerprint density at radius 2 is 1.95 bits per heavy atom. The van der Waals surface area contributed by atoms with Crippen molar-refractivity contribution in [3.63, 3.8) is 0 Å². The van der Waals surface area contributed by atoms with Crippen LogP contribution in [0, 0.1) is 5.92 Å². The van der Waals surface area contributed by atoms with Gasteiger partial charge in [-0.2, -0.15) is 4.57 Å². The van der Waals surface area contributed by atoms with Crippen molar-refractivity contribution in [3.05, 3.63) is 30.6 Å². The summed E-state index contributed by atoms with van der Waals surface area (Å²) >= 11 is 0. The molecule has 0 radical (unpaired) electrons. The minimum absolute atomic E-state index is 0.00772. The quantitative estimate of drug-likeness (QED) is 0.787. The maximum absolute atomic E-state index is 11.9. The summed E-state index contributed by atoms with van der Waals surface area (Å²) in [5.41, 5.74) is 0. The SMILES string of the molecule is O=C(C[n+]1ccccc1)NC1CCCC(C(=O)O)C1. The molecule has 102 valence electrons. The highest BCUT2D eigenvalue weighted by Gasteiger charge is 2.28. The van der Waals surface area contributed by atoms with Crippen molar-refractivity contribution in [2.45, 2.75) is 38.3 Å². The minimum atomic E-state index is -0.753. The number of hydrogen-bond acceptors (Lipinski definition) is 2. The van der Waals surface area contributed by atoms with Gasteiger partial charge in [-0.1, -0.05) is 12.5 Å². The topological polar surface area (TPSA) is 70.3 Å². The number of aromatic nitrogens is 1. The van der Waals surface area contributed by atoms with Crippen molar-refractivity contribution >= 4 is 11.9 Å². The number of aliphatic carboxylic acids is 1. The summed E-state index contributed by atoms with van der Waals surface area (Å²) in [6.45, 7) is 0.273. The summed E-state index contributed by atoms with van der Waals surface area (Å²) < 4.78 is 1.80. The van der Waals surface area contributed by atoms with Gasteiger partial charge in [0.25, 0.3) is 5.91 Å². The van der Waals surface area contributed by atoms with Gasteiger partial charge >= 0.3 is 5.97 Å². The molecule has 5 heteroatoms. The molecular formula is C14H19N2O3+. The van der Waals surface area contributed by atoms with E-state index in [0.717, 1.165) is 19.3 Å². The lowest BCUT2D eigenvalue weighted by atomic mass is 9.86. The summed E-state index contributed by atoms with van der Waals surface area (Å²) in [5, 5.41) is 11.9. The van der Waals surface area contributed by atoms with Crippen molar-refractivity contribution in [1.29, 1.82) is 0 Å². The normalized spacial score (nSPS) is 22.7. The molecule has 0 bridgehead atoms. The fourth-order valence-corrected chi connectivity index (χ4v) is 2.52. The fourth-order valence-electron chi connectivity index (χ4n) is 2.52. The smallest absolute Gasteiger partial charge is 0.306 e. The summed E-state index contributed by atoms with van der Waals surface area (Å²) in [6, 6.07) is 5.63. The minimum Gasteiger partial charge on any atom is -0.481 e. The lowest BCUT2D eigenvalue weighted by molar-refractivity contribution is -0.684. The Morgan fingerprint density at radius 3 is 2.63 bits per heavy atom. The molecule has 0 saturated heterocycles. The van der Waals surface area contributed by atoms with Crippen LogP contribution < -0.4 is 9.88 Å². The number of amides is 1. The van der Waals surface area contributed by atoms with E-state index in [2.05, 4.69) is 5.32 Å². The van der Waals surface area contributed by atoms with Crippen LogP contribution in [0.15, 0.2) is 30.6 Å². The molecule has 1 amide bonds. The molecule has 1 aromatic heterocycles. The number of carbonyl (C=O) groups is 2. The third-order valence-electron chi connectivity index (χ3n) is 3.49. The first-order valence-corrected chi connectivity index (χ1v) is 6.61. The molecule has 1 saturated carbocycles. The summed E-state index contributed by atoms with van der Waals surface area (Å²) in [5.74, 6) is -1.13. The second-order valence-electron chi connectivity index (χ2n) is 5.01. The van der Waals surface area contributed by atoms with Crippen molar-refractivity contribution in [2.75, 3.05) is 0 Å². The Kier molecular flexibility index (Phi) is 4.49. The van der Waals surface area contributed by atoms with E-state index in [1.54, 1.807) is 4.57 Å². The number of carbonyl (C=O) groups excluding carboxylic acids is 1. The predicted octanol–water partition coefficient (Wildman–Crippen LogP) is 0.734. The molecule has 19 heavy (non-hydrogen) atoms. The van der Waals surface area contributed by atoms with Gasteiger partial charge in [0.1, 0.15) is 0 Å². The Morgan fingerprint density at radius 1 is 1.21 bits per heavy atom. The molecule has 1 aliphatic rings. The molecule has 2 rings (SSSR count). The second kappa shape index (κ2) is 6.31.